The molecule has 0 aromatic heterocycles. The number of ether oxygens (including phenoxy) is 2. The fourth-order valence-electron chi connectivity index (χ4n) is 3.43. The van der Waals surface area contributed by atoms with E-state index in [1.807, 2.05) is 0 Å². The first-order valence-electron chi connectivity index (χ1n) is 9.75. The van der Waals surface area contributed by atoms with E-state index >= 15 is 0 Å². The largest absolute Gasteiger partial charge is 0.493 e. The summed E-state index contributed by atoms with van der Waals surface area (Å²) in [7, 11) is 1.47. The summed E-state index contributed by atoms with van der Waals surface area (Å²) in [5.74, 6) is 0.332. The number of carbonyl (C=O) groups is 1. The lowest BCUT2D eigenvalue weighted by Gasteiger charge is -2.14. The van der Waals surface area contributed by atoms with Crippen molar-refractivity contribution >= 4 is 62.4 Å². The van der Waals surface area contributed by atoms with Crippen molar-refractivity contribution in [3.8, 4) is 11.5 Å². The van der Waals surface area contributed by atoms with Crippen molar-refractivity contribution in [2.75, 3.05) is 12.4 Å². The molecule has 4 rings (SSSR count). The molecule has 1 amide bonds. The summed E-state index contributed by atoms with van der Waals surface area (Å²) in [6.07, 6.45) is -2.93. The third kappa shape index (κ3) is 5.04. The van der Waals surface area contributed by atoms with Crippen LogP contribution in [0, 0.1) is 0 Å². The molecule has 0 saturated carbocycles. The van der Waals surface area contributed by atoms with Crippen LogP contribution in [-0.2, 0) is 17.6 Å². The van der Waals surface area contributed by atoms with Gasteiger partial charge in [-0.25, -0.2) is 0 Å². The smallest absolute Gasteiger partial charge is 0.416 e. The van der Waals surface area contributed by atoms with Crippen LogP contribution in [0.4, 0.5) is 18.9 Å². The monoisotopic (exact) mass is 571 g/mol. The van der Waals surface area contributed by atoms with Gasteiger partial charge < -0.3 is 14.8 Å². The van der Waals surface area contributed by atoms with Gasteiger partial charge in [0.15, 0.2) is 11.5 Å². The minimum absolute atomic E-state index is 0.110. The summed E-state index contributed by atoms with van der Waals surface area (Å²) >= 11 is 15.5. The van der Waals surface area contributed by atoms with Crippen LogP contribution in [0.25, 0.3) is 11.6 Å². The number of halogens is 6. The summed E-state index contributed by atoms with van der Waals surface area (Å²) in [4.78, 5) is 12.5. The van der Waals surface area contributed by atoms with Crippen LogP contribution in [0.1, 0.15) is 22.3 Å². The molecule has 3 aromatic rings. The van der Waals surface area contributed by atoms with E-state index in [0.29, 0.717) is 37.1 Å². The van der Waals surface area contributed by atoms with Gasteiger partial charge in [0.2, 0.25) is 0 Å². The van der Waals surface area contributed by atoms with Crippen molar-refractivity contribution in [3.63, 3.8) is 0 Å². The molecular formula is C24H15BrCl2F3NO3. The number of methoxy groups -OCH3 is 1. The molecule has 0 fully saturated rings. The van der Waals surface area contributed by atoms with Crippen molar-refractivity contribution in [2.24, 2.45) is 0 Å². The van der Waals surface area contributed by atoms with E-state index in [9.17, 15) is 18.0 Å². The average Bonchev–Trinajstić information content (AvgIpc) is 3.08. The first-order valence-corrected chi connectivity index (χ1v) is 11.3. The molecule has 0 bridgehead atoms. The van der Waals surface area contributed by atoms with Gasteiger partial charge >= 0.3 is 6.18 Å². The molecule has 3 aromatic carbocycles. The molecule has 0 saturated heterocycles. The van der Waals surface area contributed by atoms with Gasteiger partial charge in [-0.15, -0.1) is 0 Å². The predicted octanol–water partition coefficient (Wildman–Crippen LogP) is 7.86. The van der Waals surface area contributed by atoms with E-state index in [2.05, 4.69) is 21.2 Å². The SMILES string of the molecule is COc1cc(/C=C2\C(=O)Nc3cc(C(F)(F)F)ccc32)cc(Br)c1OCc1ccc(Cl)c(Cl)c1. The summed E-state index contributed by atoms with van der Waals surface area (Å²) in [5.41, 5.74) is 1.28. The number of nitrogens with one attached hydrogen (secondary N) is 1. The van der Waals surface area contributed by atoms with Crippen molar-refractivity contribution in [2.45, 2.75) is 12.8 Å². The molecule has 0 radical (unpaired) electrons. The van der Waals surface area contributed by atoms with E-state index < -0.39 is 17.6 Å². The molecule has 0 unspecified atom stereocenters. The topological polar surface area (TPSA) is 47.6 Å². The quantitative estimate of drug-likeness (QED) is 0.317. The zero-order valence-corrected chi connectivity index (χ0v) is 20.5. The standard InChI is InChI=1S/C24H15BrCl2F3NO3/c1-33-21-9-13(7-17(25)22(21)34-11-12-2-5-18(26)19(27)8-12)6-16-15-4-3-14(24(28,29)30)10-20(15)31-23(16)32/h2-10H,11H2,1H3,(H,31,32)/b16-6-. The third-order valence-electron chi connectivity index (χ3n) is 5.06. The molecule has 1 heterocycles. The molecule has 0 atom stereocenters. The van der Waals surface area contributed by atoms with E-state index in [1.165, 1.54) is 13.2 Å². The Hall–Kier alpha value is -2.68. The van der Waals surface area contributed by atoms with Crippen LogP contribution in [0.5, 0.6) is 11.5 Å². The fraction of sp³-hybridized carbons (Fsp3) is 0.125. The Balaban J connectivity index is 1.63. The highest BCUT2D eigenvalue weighted by atomic mass is 79.9. The third-order valence-corrected chi connectivity index (χ3v) is 6.39. The van der Waals surface area contributed by atoms with Crippen LogP contribution in [-0.4, -0.2) is 13.0 Å². The number of amides is 1. The molecule has 1 aliphatic heterocycles. The molecular weight excluding hydrogens is 558 g/mol. The predicted molar refractivity (Wildman–Crippen MR) is 129 cm³/mol. The highest BCUT2D eigenvalue weighted by Crippen LogP contribution is 2.41. The van der Waals surface area contributed by atoms with Crippen molar-refractivity contribution < 1.29 is 27.4 Å². The van der Waals surface area contributed by atoms with Crippen LogP contribution in [0.15, 0.2) is 53.0 Å². The van der Waals surface area contributed by atoms with Crippen molar-refractivity contribution in [1.29, 1.82) is 0 Å². The lowest BCUT2D eigenvalue weighted by Crippen LogP contribution is -2.06. The highest BCUT2D eigenvalue weighted by Gasteiger charge is 2.33. The number of hydrogen-bond acceptors (Lipinski definition) is 3. The molecule has 0 aliphatic carbocycles. The Labute approximate surface area is 211 Å². The highest BCUT2D eigenvalue weighted by molar-refractivity contribution is 9.10. The van der Waals surface area contributed by atoms with Gasteiger partial charge in [0.1, 0.15) is 6.61 Å². The number of alkyl halides is 3. The second-order valence-corrected chi connectivity index (χ2v) is 9.01. The molecule has 34 heavy (non-hydrogen) atoms. The minimum Gasteiger partial charge on any atom is -0.493 e. The first-order chi connectivity index (χ1) is 16.1. The Bertz CT molecular complexity index is 1330. The Kier molecular flexibility index (Phi) is 6.85. The van der Waals surface area contributed by atoms with Crippen LogP contribution < -0.4 is 14.8 Å². The van der Waals surface area contributed by atoms with E-state index in [0.717, 1.165) is 17.7 Å². The number of benzene rings is 3. The molecule has 1 aliphatic rings. The van der Waals surface area contributed by atoms with Crippen molar-refractivity contribution in [3.05, 3.63) is 85.3 Å². The van der Waals surface area contributed by atoms with E-state index in [4.69, 9.17) is 32.7 Å². The van der Waals surface area contributed by atoms with Gasteiger partial charge in [-0.05, 0) is 69.5 Å². The second-order valence-electron chi connectivity index (χ2n) is 7.34. The summed E-state index contributed by atoms with van der Waals surface area (Å²) in [6, 6.07) is 11.7. The second kappa shape index (κ2) is 9.52. The summed E-state index contributed by atoms with van der Waals surface area (Å²) < 4.78 is 50.9. The number of carbonyl (C=O) groups excluding carboxylic acids is 1. The maximum Gasteiger partial charge on any atom is 0.416 e. The van der Waals surface area contributed by atoms with E-state index in [-0.39, 0.29) is 17.9 Å². The van der Waals surface area contributed by atoms with Crippen molar-refractivity contribution in [1.82, 2.24) is 0 Å². The average molecular weight is 573 g/mol. The van der Waals surface area contributed by atoms with Crippen LogP contribution in [0.2, 0.25) is 10.0 Å². The summed E-state index contributed by atoms with van der Waals surface area (Å²) in [6.45, 7) is 0.198. The van der Waals surface area contributed by atoms with Gasteiger partial charge in [-0.3, -0.25) is 4.79 Å². The number of hydrogen-bond donors (Lipinski definition) is 1. The Morgan fingerprint density at radius 2 is 1.82 bits per heavy atom. The fourth-order valence-corrected chi connectivity index (χ4v) is 4.32. The van der Waals surface area contributed by atoms with Gasteiger partial charge in [-0.1, -0.05) is 35.3 Å². The first kappa shape index (κ1) is 24.4. The zero-order chi connectivity index (χ0) is 24.6. The maximum absolute atomic E-state index is 13.0. The summed E-state index contributed by atoms with van der Waals surface area (Å²) in [5, 5.41) is 3.34. The lowest BCUT2D eigenvalue weighted by atomic mass is 10.0. The molecule has 10 heteroatoms. The number of fused-ring (bicyclic) bond motifs is 1. The maximum atomic E-state index is 13.0. The normalized spacial score (nSPS) is 14.2. The van der Waals surface area contributed by atoms with Gasteiger partial charge in [0.25, 0.3) is 5.91 Å². The molecule has 176 valence electrons. The Morgan fingerprint density at radius 1 is 1.06 bits per heavy atom. The van der Waals surface area contributed by atoms with Crippen LogP contribution in [0.3, 0.4) is 0 Å². The molecule has 4 nitrogen and oxygen atoms in total. The van der Waals surface area contributed by atoms with Gasteiger partial charge in [0.05, 0.1) is 27.2 Å². The number of anilines is 1. The molecule has 0 spiro atoms. The van der Waals surface area contributed by atoms with Gasteiger partial charge in [0, 0.05) is 16.8 Å². The lowest BCUT2D eigenvalue weighted by molar-refractivity contribution is -0.137. The number of rotatable bonds is 5. The zero-order valence-electron chi connectivity index (χ0n) is 17.4. The van der Waals surface area contributed by atoms with Gasteiger partial charge in [-0.2, -0.15) is 13.2 Å². The molecule has 1 N–H and O–H groups in total. The van der Waals surface area contributed by atoms with E-state index in [1.54, 1.807) is 36.4 Å². The minimum atomic E-state index is -4.50. The Morgan fingerprint density at radius 3 is 2.50 bits per heavy atom. The van der Waals surface area contributed by atoms with Crippen LogP contribution >= 0.6 is 39.1 Å².